The monoisotopic (exact) mass is 218 g/mol. The van der Waals surface area contributed by atoms with Crippen LogP contribution >= 0.6 is 0 Å². The van der Waals surface area contributed by atoms with Gasteiger partial charge in [0.15, 0.2) is 5.65 Å². The molecule has 0 aliphatic heterocycles. The van der Waals surface area contributed by atoms with Crippen LogP contribution in [-0.2, 0) is 19.3 Å². The molecule has 2 aromatic rings. The van der Waals surface area contributed by atoms with Gasteiger partial charge in [-0.1, -0.05) is 6.92 Å². The number of nitrogens with one attached hydrogen (secondary N) is 1. The van der Waals surface area contributed by atoms with E-state index in [0.717, 1.165) is 48.4 Å². The van der Waals surface area contributed by atoms with Crippen LogP contribution < -0.4 is 5.69 Å². The Morgan fingerprint density at radius 3 is 3.00 bits per heavy atom. The van der Waals surface area contributed by atoms with Gasteiger partial charge < -0.3 is 0 Å². The summed E-state index contributed by atoms with van der Waals surface area (Å²) in [6.07, 6.45) is 5.11. The lowest BCUT2D eigenvalue weighted by atomic mass is 9.97. The lowest BCUT2D eigenvalue weighted by Gasteiger charge is -2.16. The predicted octanol–water partition coefficient (Wildman–Crippen LogP) is 0.859. The molecular weight excluding hydrogens is 204 g/mol. The van der Waals surface area contributed by atoms with Gasteiger partial charge in [0.05, 0.1) is 0 Å². The van der Waals surface area contributed by atoms with Crippen molar-refractivity contribution in [3.63, 3.8) is 0 Å². The standard InChI is InChI=1S/C11H14N4O/c1-2-9-12-8-6-4-3-5-7(8)10-13-14-11(16)15(9)10/h2-6H2,1H3,(H,14,16). The minimum Gasteiger partial charge on any atom is -0.246 e. The zero-order valence-electron chi connectivity index (χ0n) is 9.29. The van der Waals surface area contributed by atoms with Gasteiger partial charge in [0.25, 0.3) is 0 Å². The van der Waals surface area contributed by atoms with Gasteiger partial charge in [-0.2, -0.15) is 5.10 Å². The quantitative estimate of drug-likeness (QED) is 0.772. The number of hydrogen-bond acceptors (Lipinski definition) is 3. The zero-order valence-corrected chi connectivity index (χ0v) is 9.29. The smallest absolute Gasteiger partial charge is 0.246 e. The first-order valence-corrected chi connectivity index (χ1v) is 5.79. The molecule has 5 nitrogen and oxygen atoms in total. The number of fused-ring (bicyclic) bond motifs is 3. The fourth-order valence-corrected chi connectivity index (χ4v) is 2.44. The van der Waals surface area contributed by atoms with E-state index in [1.165, 1.54) is 6.42 Å². The molecule has 2 heterocycles. The first-order chi connectivity index (χ1) is 7.81. The largest absolute Gasteiger partial charge is 0.349 e. The van der Waals surface area contributed by atoms with E-state index >= 15 is 0 Å². The summed E-state index contributed by atoms with van der Waals surface area (Å²) in [5.41, 5.74) is 2.90. The lowest BCUT2D eigenvalue weighted by Crippen LogP contribution is -2.19. The molecule has 84 valence electrons. The van der Waals surface area contributed by atoms with E-state index in [2.05, 4.69) is 15.2 Å². The first kappa shape index (κ1) is 9.57. The molecule has 0 amide bonds. The Balaban J connectivity index is 2.41. The summed E-state index contributed by atoms with van der Waals surface area (Å²) < 4.78 is 1.62. The summed E-state index contributed by atoms with van der Waals surface area (Å²) in [6, 6.07) is 0. The summed E-state index contributed by atoms with van der Waals surface area (Å²) in [6.45, 7) is 2.01. The highest BCUT2D eigenvalue weighted by molar-refractivity contribution is 5.50. The van der Waals surface area contributed by atoms with E-state index < -0.39 is 0 Å². The zero-order chi connectivity index (χ0) is 11.1. The van der Waals surface area contributed by atoms with E-state index in [0.29, 0.717) is 0 Å². The molecule has 1 aliphatic rings. The second-order valence-corrected chi connectivity index (χ2v) is 4.20. The summed E-state index contributed by atoms with van der Waals surface area (Å²) in [5, 5.41) is 6.64. The van der Waals surface area contributed by atoms with Gasteiger partial charge >= 0.3 is 5.69 Å². The molecule has 0 saturated carbocycles. The normalized spacial score (nSPS) is 15.3. The number of aromatic amines is 1. The van der Waals surface area contributed by atoms with Gasteiger partial charge in [-0.05, 0) is 25.7 Å². The summed E-state index contributed by atoms with van der Waals surface area (Å²) in [5.74, 6) is 0.814. The highest BCUT2D eigenvalue weighted by atomic mass is 16.1. The second-order valence-electron chi connectivity index (χ2n) is 4.20. The molecule has 5 heteroatoms. The van der Waals surface area contributed by atoms with Gasteiger partial charge in [0, 0.05) is 17.7 Å². The van der Waals surface area contributed by atoms with E-state index in [1.54, 1.807) is 4.40 Å². The molecule has 0 aromatic carbocycles. The Bertz CT molecular complexity index is 596. The van der Waals surface area contributed by atoms with Crippen LogP contribution in [0.15, 0.2) is 4.79 Å². The van der Waals surface area contributed by atoms with Crippen molar-refractivity contribution >= 4 is 5.65 Å². The summed E-state index contributed by atoms with van der Waals surface area (Å²) in [7, 11) is 0. The van der Waals surface area contributed by atoms with E-state index in [4.69, 9.17) is 0 Å². The molecule has 16 heavy (non-hydrogen) atoms. The Hall–Kier alpha value is -1.65. The van der Waals surface area contributed by atoms with Crippen LogP contribution in [-0.4, -0.2) is 19.6 Å². The van der Waals surface area contributed by atoms with Crippen LogP contribution in [0.4, 0.5) is 0 Å². The molecule has 0 bridgehead atoms. The number of H-pyrrole nitrogens is 1. The van der Waals surface area contributed by atoms with Gasteiger partial charge in [0.1, 0.15) is 5.82 Å². The average Bonchev–Trinajstić information content (AvgIpc) is 2.71. The number of aromatic nitrogens is 4. The van der Waals surface area contributed by atoms with Crippen molar-refractivity contribution in [2.75, 3.05) is 0 Å². The van der Waals surface area contributed by atoms with Crippen molar-refractivity contribution in [1.82, 2.24) is 19.6 Å². The summed E-state index contributed by atoms with van der Waals surface area (Å²) >= 11 is 0. The Morgan fingerprint density at radius 1 is 1.38 bits per heavy atom. The maximum Gasteiger partial charge on any atom is 0.349 e. The van der Waals surface area contributed by atoms with Crippen molar-refractivity contribution in [3.05, 3.63) is 27.6 Å². The Labute approximate surface area is 92.5 Å². The third kappa shape index (κ3) is 1.20. The van der Waals surface area contributed by atoms with Crippen LogP contribution in [0.5, 0.6) is 0 Å². The highest BCUT2D eigenvalue weighted by Gasteiger charge is 2.18. The molecule has 0 spiro atoms. The van der Waals surface area contributed by atoms with Gasteiger partial charge in [0.2, 0.25) is 0 Å². The van der Waals surface area contributed by atoms with Crippen molar-refractivity contribution in [3.8, 4) is 0 Å². The van der Waals surface area contributed by atoms with Crippen LogP contribution in [0.3, 0.4) is 0 Å². The van der Waals surface area contributed by atoms with Crippen molar-refractivity contribution in [1.29, 1.82) is 0 Å². The molecule has 0 radical (unpaired) electrons. The molecule has 0 atom stereocenters. The molecule has 1 N–H and O–H groups in total. The number of nitrogens with zero attached hydrogens (tertiary/aromatic N) is 3. The van der Waals surface area contributed by atoms with Gasteiger partial charge in [-0.25, -0.2) is 19.3 Å². The fraction of sp³-hybridized carbons (Fsp3) is 0.545. The van der Waals surface area contributed by atoms with Crippen LogP contribution in [0, 0.1) is 0 Å². The summed E-state index contributed by atoms with van der Waals surface area (Å²) in [4.78, 5) is 16.2. The van der Waals surface area contributed by atoms with Crippen LogP contribution in [0.2, 0.25) is 0 Å². The van der Waals surface area contributed by atoms with Crippen molar-refractivity contribution in [2.24, 2.45) is 0 Å². The van der Waals surface area contributed by atoms with Crippen LogP contribution in [0.1, 0.15) is 36.8 Å². The minimum atomic E-state index is -0.173. The fourth-order valence-electron chi connectivity index (χ4n) is 2.44. The van der Waals surface area contributed by atoms with Crippen LogP contribution in [0.25, 0.3) is 5.65 Å². The molecule has 1 aliphatic carbocycles. The third-order valence-corrected chi connectivity index (χ3v) is 3.22. The van der Waals surface area contributed by atoms with E-state index in [9.17, 15) is 4.79 Å². The van der Waals surface area contributed by atoms with E-state index in [-0.39, 0.29) is 5.69 Å². The first-order valence-electron chi connectivity index (χ1n) is 5.79. The highest BCUT2D eigenvalue weighted by Crippen LogP contribution is 2.22. The maximum atomic E-state index is 11.6. The average molecular weight is 218 g/mol. The number of aryl methyl sites for hydroxylation is 3. The van der Waals surface area contributed by atoms with Gasteiger partial charge in [-0.3, -0.25) is 0 Å². The SMILES string of the molecule is CCc1nc2c(c3n[nH]c(=O)n13)CCCC2. The second kappa shape index (κ2) is 3.43. The molecule has 3 rings (SSSR count). The molecule has 0 fully saturated rings. The predicted molar refractivity (Wildman–Crippen MR) is 59.6 cm³/mol. The van der Waals surface area contributed by atoms with Crippen molar-refractivity contribution < 1.29 is 0 Å². The number of rotatable bonds is 1. The molecule has 0 unspecified atom stereocenters. The molecular formula is C11H14N4O. The van der Waals surface area contributed by atoms with Gasteiger partial charge in [-0.15, -0.1) is 0 Å². The maximum absolute atomic E-state index is 11.6. The third-order valence-electron chi connectivity index (χ3n) is 3.22. The molecule has 0 saturated heterocycles. The molecule has 2 aromatic heterocycles. The van der Waals surface area contributed by atoms with Crippen molar-refractivity contribution in [2.45, 2.75) is 39.0 Å². The lowest BCUT2D eigenvalue weighted by molar-refractivity contribution is 0.654. The topological polar surface area (TPSA) is 63.0 Å². The Kier molecular flexibility index (Phi) is 2.05. The van der Waals surface area contributed by atoms with E-state index in [1.807, 2.05) is 6.92 Å². The number of hydrogen-bond donors (Lipinski definition) is 1. The minimum absolute atomic E-state index is 0.173. The Morgan fingerprint density at radius 2 is 2.19 bits per heavy atom.